The lowest BCUT2D eigenvalue weighted by Crippen LogP contribution is -2.10. The van der Waals surface area contributed by atoms with E-state index in [1.165, 1.54) is 16.9 Å². The fourth-order valence-corrected chi connectivity index (χ4v) is 2.99. The number of halogens is 1. The summed E-state index contributed by atoms with van der Waals surface area (Å²) in [4.78, 5) is 17.2. The molecule has 3 rings (SSSR count). The van der Waals surface area contributed by atoms with Gasteiger partial charge in [0, 0.05) is 28.0 Å². The van der Waals surface area contributed by atoms with E-state index in [0.29, 0.717) is 10.8 Å². The number of thiazole rings is 1. The topological polar surface area (TPSA) is 68.0 Å². The molecule has 1 N–H and O–H groups in total. The first-order valence-electron chi connectivity index (χ1n) is 6.54. The molecule has 0 atom stereocenters. The third kappa shape index (κ3) is 3.61. The van der Waals surface area contributed by atoms with Crippen molar-refractivity contribution in [3.63, 3.8) is 0 Å². The number of carbonyl (C=O) groups excluding carboxylic acids is 1. The van der Waals surface area contributed by atoms with Gasteiger partial charge < -0.3 is 4.52 Å². The average Bonchev–Trinajstić information content (AvgIpc) is 3.11. The van der Waals surface area contributed by atoms with Gasteiger partial charge in [-0.2, -0.15) is 0 Å². The van der Waals surface area contributed by atoms with E-state index in [4.69, 9.17) is 4.52 Å². The van der Waals surface area contributed by atoms with Gasteiger partial charge in [-0.15, -0.1) is 11.3 Å². The van der Waals surface area contributed by atoms with Gasteiger partial charge in [0.1, 0.15) is 0 Å². The smallest absolute Gasteiger partial charge is 0.296 e. The van der Waals surface area contributed by atoms with Crippen LogP contribution in [0, 0.1) is 6.92 Å². The Balaban J connectivity index is 1.66. The summed E-state index contributed by atoms with van der Waals surface area (Å²) in [5, 5.41) is 6.95. The van der Waals surface area contributed by atoms with Crippen LogP contribution in [0.1, 0.15) is 26.7 Å². The van der Waals surface area contributed by atoms with Crippen LogP contribution >= 0.6 is 27.3 Å². The Bertz CT molecular complexity index is 795. The van der Waals surface area contributed by atoms with Gasteiger partial charge in [-0.25, -0.2) is 4.98 Å². The Kier molecular flexibility index (Phi) is 4.35. The Morgan fingerprint density at radius 2 is 2.14 bits per heavy atom. The number of benzene rings is 1. The molecule has 22 heavy (non-hydrogen) atoms. The van der Waals surface area contributed by atoms with Gasteiger partial charge in [-0.05, 0) is 24.6 Å². The Morgan fingerprint density at radius 1 is 1.36 bits per heavy atom. The largest absolute Gasteiger partial charge is 0.351 e. The van der Waals surface area contributed by atoms with Crippen molar-refractivity contribution in [1.29, 1.82) is 0 Å². The van der Waals surface area contributed by atoms with Crippen molar-refractivity contribution < 1.29 is 9.32 Å². The molecule has 1 aromatic carbocycles. The van der Waals surface area contributed by atoms with Gasteiger partial charge in [0.15, 0.2) is 5.13 Å². The summed E-state index contributed by atoms with van der Waals surface area (Å²) < 4.78 is 5.97. The molecule has 0 aliphatic rings. The van der Waals surface area contributed by atoms with E-state index in [-0.39, 0.29) is 11.7 Å². The highest BCUT2D eigenvalue weighted by molar-refractivity contribution is 9.10. The minimum atomic E-state index is -0.342. The molecular weight excluding hydrogens is 366 g/mol. The first-order valence-corrected chi connectivity index (χ1v) is 8.15. The molecule has 0 bridgehead atoms. The highest BCUT2D eigenvalue weighted by atomic mass is 79.9. The van der Waals surface area contributed by atoms with E-state index in [1.54, 1.807) is 19.2 Å². The number of hydrogen-bond acceptors (Lipinski definition) is 5. The van der Waals surface area contributed by atoms with E-state index in [0.717, 1.165) is 15.8 Å². The highest BCUT2D eigenvalue weighted by Gasteiger charge is 2.13. The standard InChI is InChI=1S/C15H12BrN3O2S/c1-9-6-13(21-19-9)14(20)18-15-17-8-12(22-15)7-10-2-4-11(16)5-3-10/h2-6,8H,7H2,1H3,(H,17,18,20). The summed E-state index contributed by atoms with van der Waals surface area (Å²) >= 11 is 4.86. The molecule has 0 aliphatic heterocycles. The third-order valence-corrected chi connectivity index (χ3v) is 4.36. The Labute approximate surface area is 139 Å². The summed E-state index contributed by atoms with van der Waals surface area (Å²) in [6.07, 6.45) is 2.55. The monoisotopic (exact) mass is 377 g/mol. The van der Waals surface area contributed by atoms with Crippen molar-refractivity contribution >= 4 is 38.3 Å². The first kappa shape index (κ1) is 14.9. The molecule has 2 aromatic heterocycles. The maximum atomic E-state index is 11.9. The second-order valence-electron chi connectivity index (χ2n) is 4.72. The summed E-state index contributed by atoms with van der Waals surface area (Å²) in [6.45, 7) is 1.76. The minimum absolute atomic E-state index is 0.183. The number of nitrogens with one attached hydrogen (secondary N) is 1. The number of anilines is 1. The summed E-state index contributed by atoms with van der Waals surface area (Å²) in [5.74, 6) is -0.160. The second kappa shape index (κ2) is 6.41. The van der Waals surface area contributed by atoms with E-state index < -0.39 is 0 Å². The van der Waals surface area contributed by atoms with Gasteiger partial charge in [0.25, 0.3) is 5.91 Å². The molecule has 0 spiro atoms. The van der Waals surface area contributed by atoms with Crippen LogP contribution < -0.4 is 5.32 Å². The predicted octanol–water partition coefficient (Wildman–Crippen LogP) is 4.05. The van der Waals surface area contributed by atoms with Crippen LogP contribution in [-0.2, 0) is 6.42 Å². The van der Waals surface area contributed by atoms with E-state index in [2.05, 4.69) is 43.5 Å². The van der Waals surface area contributed by atoms with Crippen molar-refractivity contribution in [3.8, 4) is 0 Å². The molecule has 0 saturated heterocycles. The molecule has 5 nitrogen and oxygen atoms in total. The summed E-state index contributed by atoms with van der Waals surface area (Å²) in [5.41, 5.74) is 1.86. The third-order valence-electron chi connectivity index (χ3n) is 2.92. The zero-order valence-corrected chi connectivity index (χ0v) is 14.1. The molecule has 2 heterocycles. The van der Waals surface area contributed by atoms with Crippen molar-refractivity contribution in [2.45, 2.75) is 13.3 Å². The molecule has 112 valence electrons. The zero-order valence-electron chi connectivity index (χ0n) is 11.7. The maximum Gasteiger partial charge on any atom is 0.296 e. The molecule has 0 unspecified atom stereocenters. The van der Waals surface area contributed by atoms with E-state index >= 15 is 0 Å². The van der Waals surface area contributed by atoms with E-state index in [9.17, 15) is 4.79 Å². The van der Waals surface area contributed by atoms with Gasteiger partial charge in [0.2, 0.25) is 5.76 Å². The zero-order chi connectivity index (χ0) is 15.5. The summed E-state index contributed by atoms with van der Waals surface area (Å²) in [6, 6.07) is 9.71. The number of carbonyl (C=O) groups is 1. The number of nitrogens with zero attached hydrogens (tertiary/aromatic N) is 2. The van der Waals surface area contributed by atoms with Crippen molar-refractivity contribution in [2.24, 2.45) is 0 Å². The maximum absolute atomic E-state index is 11.9. The van der Waals surface area contributed by atoms with Crippen LogP contribution in [0.2, 0.25) is 0 Å². The Hall–Kier alpha value is -1.99. The second-order valence-corrected chi connectivity index (χ2v) is 6.75. The van der Waals surface area contributed by atoms with Gasteiger partial charge in [0.05, 0.1) is 5.69 Å². The van der Waals surface area contributed by atoms with Gasteiger partial charge >= 0.3 is 0 Å². The van der Waals surface area contributed by atoms with Crippen molar-refractivity contribution in [2.75, 3.05) is 5.32 Å². The lowest BCUT2D eigenvalue weighted by molar-refractivity contribution is 0.0988. The summed E-state index contributed by atoms with van der Waals surface area (Å²) in [7, 11) is 0. The van der Waals surface area contributed by atoms with Crippen molar-refractivity contribution in [1.82, 2.24) is 10.1 Å². The fraction of sp³-hybridized carbons (Fsp3) is 0.133. The van der Waals surface area contributed by atoms with Crippen LogP contribution in [0.15, 0.2) is 45.5 Å². The number of hydrogen-bond donors (Lipinski definition) is 1. The number of aryl methyl sites for hydroxylation is 1. The predicted molar refractivity (Wildman–Crippen MR) is 88.3 cm³/mol. The van der Waals surface area contributed by atoms with Crippen molar-refractivity contribution in [3.05, 3.63) is 62.9 Å². The lowest BCUT2D eigenvalue weighted by Gasteiger charge is -1.98. The minimum Gasteiger partial charge on any atom is -0.351 e. The van der Waals surface area contributed by atoms with Crippen LogP contribution in [0.3, 0.4) is 0 Å². The molecule has 0 fully saturated rings. The molecule has 7 heteroatoms. The molecule has 1 amide bonds. The number of aromatic nitrogens is 2. The highest BCUT2D eigenvalue weighted by Crippen LogP contribution is 2.22. The average molecular weight is 378 g/mol. The molecule has 0 radical (unpaired) electrons. The van der Waals surface area contributed by atoms with Crippen LogP contribution in [-0.4, -0.2) is 16.0 Å². The lowest BCUT2D eigenvalue weighted by atomic mass is 10.1. The van der Waals surface area contributed by atoms with Crippen LogP contribution in [0.25, 0.3) is 0 Å². The molecule has 3 aromatic rings. The fourth-order valence-electron chi connectivity index (χ4n) is 1.88. The number of rotatable bonds is 4. The van der Waals surface area contributed by atoms with Crippen LogP contribution in [0.4, 0.5) is 5.13 Å². The van der Waals surface area contributed by atoms with Gasteiger partial charge in [-0.3, -0.25) is 10.1 Å². The first-order chi connectivity index (χ1) is 10.6. The number of amides is 1. The molecular formula is C15H12BrN3O2S. The van der Waals surface area contributed by atoms with E-state index in [1.807, 2.05) is 12.1 Å². The normalized spacial score (nSPS) is 10.6. The van der Waals surface area contributed by atoms with Gasteiger partial charge in [-0.1, -0.05) is 33.2 Å². The molecule has 0 saturated carbocycles. The van der Waals surface area contributed by atoms with Crippen LogP contribution in [0.5, 0.6) is 0 Å². The Morgan fingerprint density at radius 3 is 2.82 bits per heavy atom. The SMILES string of the molecule is Cc1cc(C(=O)Nc2ncc(Cc3ccc(Br)cc3)s2)on1. The quantitative estimate of drug-likeness (QED) is 0.744. The molecule has 0 aliphatic carbocycles.